The molecule has 1 fully saturated rings. The molecule has 1 saturated heterocycles. The summed E-state index contributed by atoms with van der Waals surface area (Å²) in [6.07, 6.45) is -5.96. The van der Waals surface area contributed by atoms with Gasteiger partial charge in [0.2, 0.25) is 0 Å². The summed E-state index contributed by atoms with van der Waals surface area (Å²) in [5, 5.41) is 46.4. The molecule has 14 heavy (non-hydrogen) atoms. The molecule has 1 heterocycles. The Kier molecular flexibility index (Phi) is 3.46. The van der Waals surface area contributed by atoms with Crippen molar-refractivity contribution < 1.29 is 30.3 Å². The highest BCUT2D eigenvalue weighted by molar-refractivity contribution is 4.96. The van der Waals surface area contributed by atoms with Gasteiger partial charge in [-0.3, -0.25) is 0 Å². The second-order valence-electron chi connectivity index (χ2n) is 3.36. The molecule has 6 heteroatoms. The van der Waals surface area contributed by atoms with E-state index in [1.54, 1.807) is 0 Å². The summed E-state index contributed by atoms with van der Waals surface area (Å²) >= 11 is 0. The number of aliphatic hydroxyl groups is 5. The lowest BCUT2D eigenvalue weighted by atomic mass is 9.91. The van der Waals surface area contributed by atoms with Gasteiger partial charge in [0.15, 0.2) is 5.79 Å². The number of hydrogen-bond acceptors (Lipinski definition) is 6. The van der Waals surface area contributed by atoms with E-state index in [1.807, 2.05) is 0 Å². The van der Waals surface area contributed by atoms with Crippen molar-refractivity contribution in [2.24, 2.45) is 0 Å². The quantitative estimate of drug-likeness (QED) is 0.339. The summed E-state index contributed by atoms with van der Waals surface area (Å²) in [7, 11) is 0. The van der Waals surface area contributed by atoms with Crippen LogP contribution in [0.1, 0.15) is 6.42 Å². The first-order chi connectivity index (χ1) is 6.46. The van der Waals surface area contributed by atoms with Gasteiger partial charge in [-0.1, -0.05) is 0 Å². The highest BCUT2D eigenvalue weighted by atomic mass is 16.7. The summed E-state index contributed by atoms with van der Waals surface area (Å²) in [4.78, 5) is 0. The molecular formula is C8H15O6. The van der Waals surface area contributed by atoms with Gasteiger partial charge in [0.1, 0.15) is 24.4 Å². The van der Waals surface area contributed by atoms with Crippen molar-refractivity contribution in [3.05, 3.63) is 6.92 Å². The largest absolute Gasteiger partial charge is 0.394 e. The van der Waals surface area contributed by atoms with Crippen LogP contribution in [-0.4, -0.2) is 62.3 Å². The Hall–Kier alpha value is -0.240. The molecule has 0 aliphatic carbocycles. The Labute approximate surface area is 81.4 Å². The molecule has 83 valence electrons. The average Bonchev–Trinajstić information content (AvgIpc) is 2.20. The molecule has 1 aliphatic rings. The molecule has 5 N–H and O–H groups in total. The predicted molar refractivity (Wildman–Crippen MR) is 44.9 cm³/mol. The molecule has 1 radical (unpaired) electrons. The zero-order valence-electron chi connectivity index (χ0n) is 7.58. The highest BCUT2D eigenvalue weighted by Crippen LogP contribution is 2.30. The molecule has 0 saturated carbocycles. The maximum atomic E-state index is 9.62. The van der Waals surface area contributed by atoms with Gasteiger partial charge in [-0.15, -0.1) is 0 Å². The molecule has 1 rings (SSSR count). The monoisotopic (exact) mass is 207 g/mol. The first-order valence-corrected chi connectivity index (χ1v) is 4.30. The summed E-state index contributed by atoms with van der Waals surface area (Å²) in [5.74, 6) is -2.02. The van der Waals surface area contributed by atoms with Gasteiger partial charge in [0.25, 0.3) is 0 Å². The molecule has 6 nitrogen and oxygen atoms in total. The fraction of sp³-hybridized carbons (Fsp3) is 0.875. The van der Waals surface area contributed by atoms with Crippen LogP contribution in [0.3, 0.4) is 0 Å². The van der Waals surface area contributed by atoms with Crippen LogP contribution in [0.4, 0.5) is 0 Å². The van der Waals surface area contributed by atoms with Crippen LogP contribution < -0.4 is 0 Å². The number of rotatable bonds is 2. The zero-order valence-corrected chi connectivity index (χ0v) is 7.58. The van der Waals surface area contributed by atoms with E-state index in [4.69, 9.17) is 9.84 Å². The normalized spacial score (nSPS) is 49.3. The van der Waals surface area contributed by atoms with Crippen molar-refractivity contribution in [2.75, 3.05) is 6.61 Å². The van der Waals surface area contributed by atoms with E-state index < -0.39 is 36.8 Å². The Bertz CT molecular complexity index is 196. The van der Waals surface area contributed by atoms with Crippen molar-refractivity contribution in [3.8, 4) is 0 Å². The van der Waals surface area contributed by atoms with Crippen LogP contribution in [0.5, 0.6) is 0 Å². The topological polar surface area (TPSA) is 110 Å². The lowest BCUT2D eigenvalue weighted by Crippen LogP contribution is -2.64. The van der Waals surface area contributed by atoms with Crippen molar-refractivity contribution in [1.29, 1.82) is 0 Å². The molecular weight excluding hydrogens is 192 g/mol. The minimum atomic E-state index is -2.02. The van der Waals surface area contributed by atoms with Gasteiger partial charge in [-0.25, -0.2) is 0 Å². The van der Waals surface area contributed by atoms with Gasteiger partial charge < -0.3 is 30.3 Å². The standard InChI is InChI=1S/C8H15O6/c1-2-8(13)7(12)6(11)5(10)4(3-9)14-8/h4-7,9-13H,1-3H2/t4-,5+,6+,7+,8+/m1/s1. The van der Waals surface area contributed by atoms with Gasteiger partial charge in [0.05, 0.1) is 6.61 Å². The summed E-state index contributed by atoms with van der Waals surface area (Å²) in [6.45, 7) is 2.79. The van der Waals surface area contributed by atoms with Gasteiger partial charge >= 0.3 is 0 Å². The lowest BCUT2D eigenvalue weighted by Gasteiger charge is -2.45. The van der Waals surface area contributed by atoms with Crippen molar-refractivity contribution in [2.45, 2.75) is 36.6 Å². The predicted octanol–water partition coefficient (Wildman–Crippen LogP) is -2.63. The first-order valence-electron chi connectivity index (χ1n) is 4.30. The summed E-state index contributed by atoms with van der Waals surface area (Å²) in [6, 6.07) is 0. The van der Waals surface area contributed by atoms with Gasteiger partial charge in [-0.2, -0.15) is 0 Å². The SMILES string of the molecule is [CH2]C[C@]1(O)O[C@H](CO)[C@H](O)[C@H](O)[C@@H]1O. The molecule has 0 spiro atoms. The van der Waals surface area contributed by atoms with E-state index in [9.17, 15) is 20.4 Å². The second-order valence-corrected chi connectivity index (χ2v) is 3.36. The van der Waals surface area contributed by atoms with Crippen LogP contribution in [0, 0.1) is 6.92 Å². The molecule has 0 bridgehead atoms. The van der Waals surface area contributed by atoms with E-state index in [2.05, 4.69) is 6.92 Å². The van der Waals surface area contributed by atoms with Crippen LogP contribution in [0.2, 0.25) is 0 Å². The van der Waals surface area contributed by atoms with Crippen molar-refractivity contribution >= 4 is 0 Å². The molecule has 0 unspecified atom stereocenters. The van der Waals surface area contributed by atoms with Crippen LogP contribution >= 0.6 is 0 Å². The smallest absolute Gasteiger partial charge is 0.195 e. The number of aliphatic hydroxyl groups excluding tert-OH is 4. The summed E-state index contributed by atoms with van der Waals surface area (Å²) in [5.41, 5.74) is 0. The molecule has 1 aliphatic heterocycles. The molecule has 0 aromatic carbocycles. The van der Waals surface area contributed by atoms with Crippen LogP contribution in [-0.2, 0) is 4.74 Å². The van der Waals surface area contributed by atoms with Gasteiger partial charge in [0, 0.05) is 6.42 Å². The molecule has 5 atom stereocenters. The number of ether oxygens (including phenoxy) is 1. The third-order valence-electron chi connectivity index (χ3n) is 2.41. The third-order valence-corrected chi connectivity index (χ3v) is 2.41. The first kappa shape index (κ1) is 11.8. The minimum Gasteiger partial charge on any atom is -0.394 e. The fourth-order valence-corrected chi connectivity index (χ4v) is 1.43. The van der Waals surface area contributed by atoms with E-state index in [0.29, 0.717) is 0 Å². The van der Waals surface area contributed by atoms with E-state index in [0.717, 1.165) is 0 Å². The Morgan fingerprint density at radius 2 is 1.79 bits per heavy atom. The third kappa shape index (κ3) is 1.77. The number of hydrogen-bond donors (Lipinski definition) is 5. The van der Waals surface area contributed by atoms with E-state index in [-0.39, 0.29) is 6.42 Å². The maximum Gasteiger partial charge on any atom is 0.195 e. The minimum absolute atomic E-state index is 0.200. The van der Waals surface area contributed by atoms with Crippen LogP contribution in [0.25, 0.3) is 0 Å². The Morgan fingerprint density at radius 1 is 1.21 bits per heavy atom. The summed E-state index contributed by atoms with van der Waals surface area (Å²) < 4.78 is 4.85. The molecule has 0 aromatic rings. The van der Waals surface area contributed by atoms with E-state index >= 15 is 0 Å². The Morgan fingerprint density at radius 3 is 2.21 bits per heavy atom. The van der Waals surface area contributed by atoms with Crippen molar-refractivity contribution in [1.82, 2.24) is 0 Å². The fourth-order valence-electron chi connectivity index (χ4n) is 1.43. The second kappa shape index (κ2) is 4.09. The van der Waals surface area contributed by atoms with Crippen molar-refractivity contribution in [3.63, 3.8) is 0 Å². The lowest BCUT2D eigenvalue weighted by molar-refractivity contribution is -0.347. The highest BCUT2D eigenvalue weighted by Gasteiger charge is 2.51. The molecule has 0 aromatic heterocycles. The van der Waals surface area contributed by atoms with Gasteiger partial charge in [-0.05, 0) is 6.92 Å². The average molecular weight is 207 g/mol. The zero-order chi connectivity index (χ0) is 10.9. The van der Waals surface area contributed by atoms with Crippen LogP contribution in [0.15, 0.2) is 0 Å². The maximum absolute atomic E-state index is 9.62. The molecule has 0 amide bonds. The Balaban J connectivity index is 2.84. The van der Waals surface area contributed by atoms with E-state index in [1.165, 1.54) is 0 Å².